The fraction of sp³-hybridized carbons (Fsp3) is 0.429. The topological polar surface area (TPSA) is 43.4 Å². The molecule has 0 spiro atoms. The second-order valence-corrected chi connectivity index (χ2v) is 3.90. The molecule has 0 amide bonds. The number of carbonyl (C=O) groups excluding carboxylic acids is 2. The average molecular weight is 234 g/mol. The molecule has 92 valence electrons. The third-order valence-corrected chi connectivity index (χ3v) is 2.54. The summed E-state index contributed by atoms with van der Waals surface area (Å²) < 4.78 is 4.80. The van der Waals surface area contributed by atoms with Crippen molar-refractivity contribution < 1.29 is 14.3 Å². The van der Waals surface area contributed by atoms with Crippen molar-refractivity contribution in [1.29, 1.82) is 0 Å². The summed E-state index contributed by atoms with van der Waals surface area (Å²) in [5, 5.41) is 0. The van der Waals surface area contributed by atoms with Gasteiger partial charge in [0, 0.05) is 18.4 Å². The predicted octanol–water partition coefficient (Wildman–Crippen LogP) is 2.91. The molecule has 3 heteroatoms. The Morgan fingerprint density at radius 2 is 1.88 bits per heavy atom. The average Bonchev–Trinajstić information content (AvgIpc) is 2.29. The van der Waals surface area contributed by atoms with Gasteiger partial charge >= 0.3 is 5.97 Å². The number of ether oxygens (including phenoxy) is 1. The van der Waals surface area contributed by atoms with Gasteiger partial charge in [-0.3, -0.25) is 9.59 Å². The van der Waals surface area contributed by atoms with Gasteiger partial charge in [-0.05, 0) is 25.8 Å². The zero-order valence-corrected chi connectivity index (χ0v) is 10.4. The highest BCUT2D eigenvalue weighted by molar-refractivity contribution is 5.97. The van der Waals surface area contributed by atoms with Gasteiger partial charge in [-0.25, -0.2) is 0 Å². The molecule has 0 heterocycles. The van der Waals surface area contributed by atoms with Gasteiger partial charge in [0.25, 0.3) is 0 Å². The zero-order valence-electron chi connectivity index (χ0n) is 10.4. The Morgan fingerprint density at radius 1 is 1.18 bits per heavy atom. The molecule has 1 rings (SSSR count). The van der Waals surface area contributed by atoms with Crippen LogP contribution in [0.2, 0.25) is 0 Å². The molecule has 0 N–H and O–H groups in total. The van der Waals surface area contributed by atoms with Gasteiger partial charge in [0.2, 0.25) is 0 Å². The zero-order chi connectivity index (χ0) is 12.7. The highest BCUT2D eigenvalue weighted by Crippen LogP contribution is 2.11. The van der Waals surface area contributed by atoms with Crippen LogP contribution in [-0.2, 0) is 9.53 Å². The molecule has 0 saturated heterocycles. The van der Waals surface area contributed by atoms with Crippen LogP contribution in [0.3, 0.4) is 0 Å². The molecular weight excluding hydrogens is 216 g/mol. The van der Waals surface area contributed by atoms with Crippen LogP contribution in [-0.4, -0.2) is 18.4 Å². The van der Waals surface area contributed by atoms with Crippen LogP contribution in [0, 0.1) is 6.92 Å². The SMILES string of the molecule is CCOC(=O)CCCC(=O)c1ccccc1C. The molecule has 0 aliphatic heterocycles. The van der Waals surface area contributed by atoms with Crippen molar-refractivity contribution in [3.63, 3.8) is 0 Å². The number of esters is 1. The Labute approximate surface area is 102 Å². The second kappa shape index (κ2) is 6.84. The Hall–Kier alpha value is -1.64. The molecule has 1 aromatic rings. The van der Waals surface area contributed by atoms with E-state index in [0.29, 0.717) is 25.9 Å². The first-order valence-electron chi connectivity index (χ1n) is 5.89. The van der Waals surface area contributed by atoms with Gasteiger partial charge in [-0.1, -0.05) is 24.3 Å². The number of hydrogen-bond acceptors (Lipinski definition) is 3. The number of rotatable bonds is 6. The maximum Gasteiger partial charge on any atom is 0.305 e. The van der Waals surface area contributed by atoms with E-state index in [9.17, 15) is 9.59 Å². The summed E-state index contributed by atoms with van der Waals surface area (Å²) in [6.07, 6.45) is 1.25. The van der Waals surface area contributed by atoms with Crippen molar-refractivity contribution >= 4 is 11.8 Å². The van der Waals surface area contributed by atoms with Crippen molar-refractivity contribution in [2.45, 2.75) is 33.1 Å². The summed E-state index contributed by atoms with van der Waals surface area (Å²) in [7, 11) is 0. The summed E-state index contributed by atoms with van der Waals surface area (Å²) in [6.45, 7) is 4.08. The fourth-order valence-corrected chi connectivity index (χ4v) is 1.65. The molecule has 0 unspecified atom stereocenters. The lowest BCUT2D eigenvalue weighted by Gasteiger charge is -2.04. The van der Waals surface area contributed by atoms with E-state index in [1.165, 1.54) is 0 Å². The lowest BCUT2D eigenvalue weighted by molar-refractivity contribution is -0.143. The van der Waals surface area contributed by atoms with E-state index in [0.717, 1.165) is 11.1 Å². The lowest BCUT2D eigenvalue weighted by Crippen LogP contribution is -2.06. The number of ketones is 1. The molecule has 0 saturated carbocycles. The third kappa shape index (κ3) is 4.39. The maximum atomic E-state index is 11.9. The minimum absolute atomic E-state index is 0.0902. The highest BCUT2D eigenvalue weighted by atomic mass is 16.5. The minimum Gasteiger partial charge on any atom is -0.466 e. The first kappa shape index (κ1) is 13.4. The van der Waals surface area contributed by atoms with E-state index in [1.807, 2.05) is 31.2 Å². The van der Waals surface area contributed by atoms with E-state index in [1.54, 1.807) is 6.92 Å². The highest BCUT2D eigenvalue weighted by Gasteiger charge is 2.09. The summed E-state index contributed by atoms with van der Waals surface area (Å²) >= 11 is 0. The summed E-state index contributed by atoms with van der Waals surface area (Å²) in [5.41, 5.74) is 1.73. The van der Waals surface area contributed by atoms with Crippen LogP contribution in [0.25, 0.3) is 0 Å². The van der Waals surface area contributed by atoms with Crippen molar-refractivity contribution in [2.75, 3.05) is 6.61 Å². The predicted molar refractivity (Wildman–Crippen MR) is 66.0 cm³/mol. The van der Waals surface area contributed by atoms with E-state index in [2.05, 4.69) is 0 Å². The van der Waals surface area contributed by atoms with Crippen LogP contribution in [0.1, 0.15) is 42.1 Å². The Morgan fingerprint density at radius 3 is 2.53 bits per heavy atom. The van der Waals surface area contributed by atoms with E-state index in [4.69, 9.17) is 4.74 Å². The first-order chi connectivity index (χ1) is 8.15. The number of Topliss-reactive ketones (excluding diaryl/α,β-unsaturated/α-hetero) is 1. The molecule has 1 aromatic carbocycles. The minimum atomic E-state index is -0.231. The lowest BCUT2D eigenvalue weighted by atomic mass is 10.0. The monoisotopic (exact) mass is 234 g/mol. The van der Waals surface area contributed by atoms with Gasteiger partial charge in [-0.15, -0.1) is 0 Å². The van der Waals surface area contributed by atoms with Crippen molar-refractivity contribution in [2.24, 2.45) is 0 Å². The maximum absolute atomic E-state index is 11.9. The Kier molecular flexibility index (Phi) is 5.40. The molecular formula is C14H18O3. The summed E-state index contributed by atoms with van der Waals surface area (Å²) in [6, 6.07) is 7.50. The van der Waals surface area contributed by atoms with Crippen LogP contribution < -0.4 is 0 Å². The molecule has 0 radical (unpaired) electrons. The molecule has 0 aliphatic carbocycles. The Bertz CT molecular complexity index is 396. The Balaban J connectivity index is 2.41. The number of carbonyl (C=O) groups is 2. The fourth-order valence-electron chi connectivity index (χ4n) is 1.65. The van der Waals surface area contributed by atoms with Crippen LogP contribution in [0.4, 0.5) is 0 Å². The molecule has 0 bridgehead atoms. The van der Waals surface area contributed by atoms with Gasteiger partial charge < -0.3 is 4.74 Å². The quantitative estimate of drug-likeness (QED) is 0.561. The van der Waals surface area contributed by atoms with Crippen molar-refractivity contribution in [3.8, 4) is 0 Å². The number of hydrogen-bond donors (Lipinski definition) is 0. The van der Waals surface area contributed by atoms with Gasteiger partial charge in [-0.2, -0.15) is 0 Å². The van der Waals surface area contributed by atoms with Crippen LogP contribution >= 0.6 is 0 Å². The first-order valence-corrected chi connectivity index (χ1v) is 5.89. The van der Waals surface area contributed by atoms with E-state index < -0.39 is 0 Å². The van der Waals surface area contributed by atoms with Crippen LogP contribution in [0.5, 0.6) is 0 Å². The third-order valence-electron chi connectivity index (χ3n) is 2.54. The van der Waals surface area contributed by atoms with E-state index in [-0.39, 0.29) is 11.8 Å². The molecule has 0 aromatic heterocycles. The van der Waals surface area contributed by atoms with E-state index >= 15 is 0 Å². The molecule has 0 aliphatic rings. The molecule has 17 heavy (non-hydrogen) atoms. The normalized spacial score (nSPS) is 10.0. The number of aryl methyl sites for hydroxylation is 1. The smallest absolute Gasteiger partial charge is 0.305 e. The largest absolute Gasteiger partial charge is 0.466 e. The second-order valence-electron chi connectivity index (χ2n) is 3.90. The van der Waals surface area contributed by atoms with Crippen LogP contribution in [0.15, 0.2) is 24.3 Å². The standard InChI is InChI=1S/C14H18O3/c1-3-17-14(16)10-6-9-13(15)12-8-5-4-7-11(12)2/h4-5,7-8H,3,6,9-10H2,1-2H3. The molecule has 0 atom stereocenters. The van der Waals surface area contributed by atoms with Crippen molar-refractivity contribution in [3.05, 3.63) is 35.4 Å². The number of benzene rings is 1. The summed E-state index contributed by atoms with van der Waals surface area (Å²) in [5.74, 6) is -0.141. The van der Waals surface area contributed by atoms with Gasteiger partial charge in [0.1, 0.15) is 0 Å². The van der Waals surface area contributed by atoms with Gasteiger partial charge in [0.05, 0.1) is 6.61 Å². The molecule has 3 nitrogen and oxygen atoms in total. The van der Waals surface area contributed by atoms with Gasteiger partial charge in [0.15, 0.2) is 5.78 Å². The summed E-state index contributed by atoms with van der Waals surface area (Å²) in [4.78, 5) is 22.9. The van der Waals surface area contributed by atoms with Crippen molar-refractivity contribution in [1.82, 2.24) is 0 Å². The molecule has 0 fully saturated rings.